The summed E-state index contributed by atoms with van der Waals surface area (Å²) in [4.78, 5) is 16.1. The fourth-order valence-corrected chi connectivity index (χ4v) is 10.9. The van der Waals surface area contributed by atoms with Gasteiger partial charge in [-0.1, -0.05) is 60.7 Å². The monoisotopic (exact) mass is 858 g/mol. The Morgan fingerprint density at radius 1 is 0.857 bits per heavy atom. The summed E-state index contributed by atoms with van der Waals surface area (Å²) in [6.45, 7) is 13.9. The number of thiophene rings is 1. The van der Waals surface area contributed by atoms with Crippen LogP contribution in [0.4, 0.5) is 5.69 Å². The van der Waals surface area contributed by atoms with Crippen molar-refractivity contribution in [3.8, 4) is 16.5 Å². The average molecular weight is 859 g/mol. The second kappa shape index (κ2) is 18.0. The molecule has 4 aromatic carbocycles. The number of piperazine rings is 1. The van der Waals surface area contributed by atoms with Gasteiger partial charge in [0.25, 0.3) is 0 Å². The standard InChI is InChI=1S/C51H54N8O3S/c1-33-34(2)63-51-47(33)49(54-45(32-46-53-22-29-62-46)50-56-55-35(3)59(50)51)38-9-14-40(15-10-38)52-21-23-57-24-26-58(27-25-57)28-30-61-42-17-11-37(12-18-42)48-43(36-7-5-4-6-8-36)19-13-39-31-41(60)16-20-44(39)48/h4-12,14-18,20,22,29,31,43,45,48,52,60H,13,19,21,23-28,30,32H2,1-3H3/t43-,45+,48+/m1/s1. The van der Waals surface area contributed by atoms with Gasteiger partial charge in [-0.25, -0.2) is 4.98 Å². The lowest BCUT2D eigenvalue weighted by Gasteiger charge is -2.35. The molecule has 10 rings (SSSR count). The average Bonchev–Trinajstić information content (AvgIpc) is 4.02. The molecule has 0 saturated carbocycles. The quantitative estimate of drug-likeness (QED) is 0.117. The molecule has 0 radical (unpaired) electrons. The highest BCUT2D eigenvalue weighted by Crippen LogP contribution is 2.47. The van der Waals surface area contributed by atoms with E-state index in [9.17, 15) is 5.11 Å². The Morgan fingerprint density at radius 3 is 2.40 bits per heavy atom. The van der Waals surface area contributed by atoms with Crippen LogP contribution in [0.3, 0.4) is 0 Å². The molecule has 3 atom stereocenters. The fourth-order valence-electron chi connectivity index (χ4n) is 9.73. The summed E-state index contributed by atoms with van der Waals surface area (Å²) in [5, 5.41) is 24.1. The van der Waals surface area contributed by atoms with E-state index in [1.54, 1.807) is 23.8 Å². The van der Waals surface area contributed by atoms with Crippen LogP contribution in [0.5, 0.6) is 11.5 Å². The smallest absolute Gasteiger partial charge is 0.196 e. The van der Waals surface area contributed by atoms with Crippen LogP contribution in [0, 0.1) is 20.8 Å². The number of nitrogens with one attached hydrogen (secondary N) is 1. The van der Waals surface area contributed by atoms with E-state index in [1.807, 2.05) is 19.1 Å². The number of aliphatic imine (C=N–C) groups is 1. The molecule has 63 heavy (non-hydrogen) atoms. The summed E-state index contributed by atoms with van der Waals surface area (Å²) < 4.78 is 14.1. The third-order valence-electron chi connectivity index (χ3n) is 13.2. The summed E-state index contributed by atoms with van der Waals surface area (Å²) in [5.41, 5.74) is 10.7. The van der Waals surface area contributed by atoms with Gasteiger partial charge < -0.3 is 19.6 Å². The third-order valence-corrected chi connectivity index (χ3v) is 14.4. The predicted octanol–water partition coefficient (Wildman–Crippen LogP) is 9.05. The van der Waals surface area contributed by atoms with Crippen LogP contribution in [0.2, 0.25) is 0 Å². The zero-order chi connectivity index (χ0) is 42.9. The van der Waals surface area contributed by atoms with Gasteiger partial charge in [-0.05, 0) is 104 Å². The minimum absolute atomic E-state index is 0.231. The topological polar surface area (TPSA) is 117 Å². The van der Waals surface area contributed by atoms with E-state index in [-0.39, 0.29) is 12.0 Å². The second-order valence-electron chi connectivity index (χ2n) is 17.0. The van der Waals surface area contributed by atoms with Crippen LogP contribution in [0.25, 0.3) is 5.00 Å². The van der Waals surface area contributed by atoms with Gasteiger partial charge in [-0.3, -0.25) is 19.4 Å². The van der Waals surface area contributed by atoms with Crippen molar-refractivity contribution in [3.05, 3.63) is 171 Å². The Bertz CT molecular complexity index is 2680. The summed E-state index contributed by atoms with van der Waals surface area (Å²) in [5.74, 6) is 4.15. The molecule has 0 bridgehead atoms. The van der Waals surface area contributed by atoms with Gasteiger partial charge in [0, 0.05) is 73.4 Å². The van der Waals surface area contributed by atoms with Crippen LogP contribution in [0.15, 0.2) is 119 Å². The fraction of sp³-hybridized carbons (Fsp3) is 0.333. The summed E-state index contributed by atoms with van der Waals surface area (Å²) in [7, 11) is 0. The first-order valence-corrected chi connectivity index (χ1v) is 23.0. The lowest BCUT2D eigenvalue weighted by Crippen LogP contribution is -2.48. The molecule has 3 aromatic heterocycles. The maximum atomic E-state index is 10.2. The second-order valence-corrected chi connectivity index (χ2v) is 18.3. The van der Waals surface area contributed by atoms with Crippen molar-refractivity contribution in [2.24, 2.45) is 4.99 Å². The molecule has 0 spiro atoms. The van der Waals surface area contributed by atoms with Gasteiger partial charge in [0.2, 0.25) is 0 Å². The zero-order valence-corrected chi connectivity index (χ0v) is 37.0. The van der Waals surface area contributed by atoms with Crippen molar-refractivity contribution in [1.29, 1.82) is 0 Å². The number of phenols is 1. The lowest BCUT2D eigenvalue weighted by atomic mass is 9.69. The largest absolute Gasteiger partial charge is 0.508 e. The number of nitrogens with zero attached hydrogens (tertiary/aromatic N) is 7. The minimum atomic E-state index is -0.291. The van der Waals surface area contributed by atoms with Gasteiger partial charge in [-0.2, -0.15) is 0 Å². The van der Waals surface area contributed by atoms with E-state index in [4.69, 9.17) is 14.1 Å². The number of oxazole rings is 1. The normalized spacial score (nSPS) is 18.8. The summed E-state index contributed by atoms with van der Waals surface area (Å²) in [6, 6.07) is 33.9. The number of fused-ring (bicyclic) bond motifs is 4. The molecule has 1 saturated heterocycles. The molecule has 7 aromatic rings. The van der Waals surface area contributed by atoms with E-state index in [0.29, 0.717) is 30.6 Å². The summed E-state index contributed by atoms with van der Waals surface area (Å²) in [6.07, 6.45) is 5.80. The van der Waals surface area contributed by atoms with Gasteiger partial charge in [0.1, 0.15) is 41.2 Å². The van der Waals surface area contributed by atoms with Gasteiger partial charge in [0.15, 0.2) is 11.7 Å². The molecule has 0 amide bonds. The zero-order valence-electron chi connectivity index (χ0n) is 36.2. The number of benzene rings is 4. The molecular weight excluding hydrogens is 805 g/mol. The highest BCUT2D eigenvalue weighted by Gasteiger charge is 2.34. The third kappa shape index (κ3) is 8.55. The van der Waals surface area contributed by atoms with Crippen LogP contribution >= 0.6 is 11.3 Å². The number of ether oxygens (including phenoxy) is 1. The number of hydrogen-bond acceptors (Lipinski definition) is 11. The number of rotatable bonds is 13. The lowest BCUT2D eigenvalue weighted by molar-refractivity contribution is 0.120. The molecular formula is C51H54N8O3S. The molecule has 5 heterocycles. The van der Waals surface area contributed by atoms with E-state index >= 15 is 0 Å². The van der Waals surface area contributed by atoms with E-state index in [0.717, 1.165) is 104 Å². The molecule has 322 valence electrons. The van der Waals surface area contributed by atoms with Gasteiger partial charge >= 0.3 is 0 Å². The van der Waals surface area contributed by atoms with Crippen LogP contribution < -0.4 is 10.1 Å². The van der Waals surface area contributed by atoms with Crippen molar-refractivity contribution in [2.75, 3.05) is 57.7 Å². The van der Waals surface area contributed by atoms with Crippen LogP contribution in [0.1, 0.15) is 85.7 Å². The summed E-state index contributed by atoms with van der Waals surface area (Å²) >= 11 is 1.76. The Balaban J connectivity index is 0.711. The van der Waals surface area contributed by atoms with E-state index in [1.165, 1.54) is 32.7 Å². The molecule has 11 nitrogen and oxygen atoms in total. The first kappa shape index (κ1) is 41.0. The molecule has 3 aliphatic rings. The minimum Gasteiger partial charge on any atom is -0.508 e. The number of anilines is 1. The predicted molar refractivity (Wildman–Crippen MR) is 249 cm³/mol. The van der Waals surface area contributed by atoms with E-state index < -0.39 is 0 Å². The highest BCUT2D eigenvalue weighted by atomic mass is 32.1. The Hall–Kier alpha value is -6.08. The van der Waals surface area contributed by atoms with Crippen LogP contribution in [-0.2, 0) is 12.8 Å². The van der Waals surface area contributed by atoms with Gasteiger partial charge in [-0.15, -0.1) is 21.5 Å². The number of phenolic OH excluding ortho intramolecular Hbond substituents is 1. The molecule has 1 aliphatic carbocycles. The first-order chi connectivity index (χ1) is 30.9. The van der Waals surface area contributed by atoms with Crippen molar-refractivity contribution in [3.63, 3.8) is 0 Å². The number of hydrogen-bond donors (Lipinski definition) is 2. The first-order valence-electron chi connectivity index (χ1n) is 22.2. The maximum absolute atomic E-state index is 10.2. The van der Waals surface area contributed by atoms with Crippen molar-refractivity contribution in [1.82, 2.24) is 29.5 Å². The van der Waals surface area contributed by atoms with Crippen molar-refractivity contribution >= 4 is 22.7 Å². The molecule has 2 N–H and O–H groups in total. The molecule has 12 heteroatoms. The molecule has 1 fully saturated rings. The maximum Gasteiger partial charge on any atom is 0.196 e. The Kier molecular flexibility index (Phi) is 11.7. The molecule has 2 aliphatic heterocycles. The Labute approximate surface area is 373 Å². The van der Waals surface area contributed by atoms with Crippen molar-refractivity contribution < 1.29 is 14.3 Å². The highest BCUT2D eigenvalue weighted by molar-refractivity contribution is 7.15. The number of aromatic nitrogens is 4. The SMILES string of the molecule is Cc1sc2c(c1C)C(c1ccc(NCCN3CCN(CCOc4ccc([C@@H]5c6ccc(O)cc6CC[C@@H]5c5ccccc5)cc4)CC3)cc1)=N[C@@H](Cc1ncco1)c1nnc(C)n1-2. The van der Waals surface area contributed by atoms with Crippen LogP contribution in [-0.4, -0.2) is 92.8 Å². The number of aryl methyl sites for hydroxylation is 3. The van der Waals surface area contributed by atoms with E-state index in [2.05, 4.69) is 134 Å². The Morgan fingerprint density at radius 2 is 1.63 bits per heavy atom. The number of aromatic hydroxyl groups is 1. The molecule has 0 unspecified atom stereocenters. The van der Waals surface area contributed by atoms with Gasteiger partial charge in [0.05, 0.1) is 18.3 Å². The van der Waals surface area contributed by atoms with Crippen molar-refractivity contribution in [2.45, 2.75) is 57.9 Å².